The fourth-order valence-electron chi connectivity index (χ4n) is 3.39. The van der Waals surface area contributed by atoms with Crippen LogP contribution >= 0.6 is 0 Å². The lowest BCUT2D eigenvalue weighted by Crippen LogP contribution is -2.40. The monoisotopic (exact) mass is 360 g/mol. The summed E-state index contributed by atoms with van der Waals surface area (Å²) in [5, 5.41) is 30.2. The summed E-state index contributed by atoms with van der Waals surface area (Å²) in [6.07, 6.45) is 8.68. The summed E-state index contributed by atoms with van der Waals surface area (Å²) in [4.78, 5) is 4.44. The molecule has 0 amide bonds. The van der Waals surface area contributed by atoms with E-state index in [0.29, 0.717) is 19.0 Å². The fraction of sp³-hybridized carbons (Fsp3) is 1.00. The molecule has 25 heavy (non-hydrogen) atoms. The van der Waals surface area contributed by atoms with E-state index < -0.39 is 18.3 Å². The molecule has 0 radical (unpaired) electrons. The van der Waals surface area contributed by atoms with Crippen molar-refractivity contribution in [3.8, 4) is 0 Å². The van der Waals surface area contributed by atoms with Crippen LogP contribution in [0.2, 0.25) is 0 Å². The molecule has 5 nitrogen and oxygen atoms in total. The Bertz CT molecular complexity index is 293. The molecular formula is C20H44N2O3. The molecule has 0 aromatic rings. The van der Waals surface area contributed by atoms with Crippen molar-refractivity contribution in [2.75, 3.05) is 28.2 Å². The van der Waals surface area contributed by atoms with Crippen LogP contribution in [0.15, 0.2) is 0 Å². The summed E-state index contributed by atoms with van der Waals surface area (Å²) in [5.41, 5.74) is 0. The Morgan fingerprint density at radius 3 is 1.44 bits per heavy atom. The van der Waals surface area contributed by atoms with Crippen LogP contribution in [0.4, 0.5) is 0 Å². The number of nitrogens with zero attached hydrogens (tertiary/aromatic N) is 2. The number of hydrogen-bond acceptors (Lipinski definition) is 5. The molecule has 0 bridgehead atoms. The van der Waals surface area contributed by atoms with Gasteiger partial charge in [0.25, 0.3) is 0 Å². The van der Waals surface area contributed by atoms with Crippen molar-refractivity contribution < 1.29 is 15.3 Å². The Morgan fingerprint density at radius 2 is 1.00 bits per heavy atom. The van der Waals surface area contributed by atoms with Gasteiger partial charge in [0.05, 0.1) is 18.4 Å². The van der Waals surface area contributed by atoms with Gasteiger partial charge in [-0.1, -0.05) is 58.3 Å². The van der Waals surface area contributed by atoms with Gasteiger partial charge in [0.15, 0.2) is 0 Å². The van der Waals surface area contributed by atoms with Gasteiger partial charge in [-0.2, -0.15) is 0 Å². The second-order valence-electron chi connectivity index (χ2n) is 7.87. The summed E-state index contributed by atoms with van der Waals surface area (Å²) in [5.74, 6) is 0. The first-order chi connectivity index (χ1) is 11.8. The summed E-state index contributed by atoms with van der Waals surface area (Å²) in [6, 6.07) is 0. The van der Waals surface area contributed by atoms with E-state index in [-0.39, 0.29) is 0 Å². The molecule has 152 valence electrons. The molecule has 0 spiro atoms. The number of aliphatic hydroxyl groups excluding tert-OH is 3. The van der Waals surface area contributed by atoms with Crippen LogP contribution in [-0.2, 0) is 0 Å². The maximum absolute atomic E-state index is 10.1. The predicted molar refractivity (Wildman–Crippen MR) is 106 cm³/mol. The zero-order valence-corrected chi connectivity index (χ0v) is 17.3. The van der Waals surface area contributed by atoms with Crippen LogP contribution in [0, 0.1) is 0 Å². The van der Waals surface area contributed by atoms with E-state index in [0.717, 1.165) is 38.5 Å². The Balaban J connectivity index is 3.83. The molecule has 0 aromatic heterocycles. The lowest BCUT2D eigenvalue weighted by Gasteiger charge is -2.30. The zero-order valence-electron chi connectivity index (χ0n) is 17.3. The molecule has 0 rings (SSSR count). The highest BCUT2D eigenvalue weighted by atomic mass is 16.4. The van der Waals surface area contributed by atoms with E-state index in [1.807, 2.05) is 0 Å². The van der Waals surface area contributed by atoms with Gasteiger partial charge in [-0.05, 0) is 47.5 Å². The molecule has 0 heterocycles. The van der Waals surface area contributed by atoms with Crippen molar-refractivity contribution >= 4 is 0 Å². The van der Waals surface area contributed by atoms with Crippen LogP contribution in [0.3, 0.4) is 0 Å². The van der Waals surface area contributed by atoms with E-state index in [2.05, 4.69) is 44.9 Å². The highest BCUT2D eigenvalue weighted by molar-refractivity contribution is 4.75. The van der Waals surface area contributed by atoms with Crippen molar-refractivity contribution in [1.29, 1.82) is 0 Å². The molecule has 0 aliphatic heterocycles. The fourth-order valence-corrected chi connectivity index (χ4v) is 3.39. The van der Waals surface area contributed by atoms with Gasteiger partial charge in [0.2, 0.25) is 0 Å². The number of hydrogen-bond donors (Lipinski definition) is 3. The maximum atomic E-state index is 10.1. The standard InChI is InChI=1S/C20H44N2O3/c1-6-7-8-9-11-14-17(23)20(25)18(24)15-12-10-13-16-19(21(2)3)22(4)5/h17-20,23-25H,6-16H2,1-5H3. The van der Waals surface area contributed by atoms with Crippen LogP contribution in [0.1, 0.15) is 77.6 Å². The SMILES string of the molecule is CCCCCCCC(O)C(O)C(O)CCCCCC(N(C)C)N(C)C. The molecule has 0 saturated carbocycles. The number of aliphatic hydroxyl groups is 3. The second-order valence-corrected chi connectivity index (χ2v) is 7.87. The largest absolute Gasteiger partial charge is 0.390 e. The molecule has 0 aliphatic rings. The molecule has 0 fully saturated rings. The van der Waals surface area contributed by atoms with Gasteiger partial charge < -0.3 is 15.3 Å². The molecule has 3 atom stereocenters. The first-order valence-corrected chi connectivity index (χ1v) is 10.2. The summed E-state index contributed by atoms with van der Waals surface area (Å²) in [6.45, 7) is 2.18. The zero-order chi connectivity index (χ0) is 19.2. The van der Waals surface area contributed by atoms with Crippen molar-refractivity contribution in [3.63, 3.8) is 0 Å². The quantitative estimate of drug-likeness (QED) is 0.292. The van der Waals surface area contributed by atoms with E-state index in [1.165, 1.54) is 19.3 Å². The summed E-state index contributed by atoms with van der Waals surface area (Å²) >= 11 is 0. The molecular weight excluding hydrogens is 316 g/mol. The van der Waals surface area contributed by atoms with Gasteiger partial charge in [-0.25, -0.2) is 0 Å². The number of unbranched alkanes of at least 4 members (excludes halogenated alkanes) is 6. The minimum Gasteiger partial charge on any atom is -0.390 e. The topological polar surface area (TPSA) is 67.2 Å². The third-order valence-electron chi connectivity index (χ3n) is 5.05. The van der Waals surface area contributed by atoms with E-state index in [1.54, 1.807) is 0 Å². The lowest BCUT2D eigenvalue weighted by molar-refractivity contribution is -0.0653. The molecule has 5 heteroatoms. The third-order valence-corrected chi connectivity index (χ3v) is 5.05. The van der Waals surface area contributed by atoms with Gasteiger partial charge >= 0.3 is 0 Å². The minimum atomic E-state index is -1.01. The van der Waals surface area contributed by atoms with Gasteiger partial charge in [0, 0.05) is 0 Å². The van der Waals surface area contributed by atoms with Crippen molar-refractivity contribution in [3.05, 3.63) is 0 Å². The highest BCUT2D eigenvalue weighted by Crippen LogP contribution is 2.16. The maximum Gasteiger partial charge on any atom is 0.106 e. The second kappa shape index (κ2) is 14.9. The third kappa shape index (κ3) is 11.9. The smallest absolute Gasteiger partial charge is 0.106 e. The highest BCUT2D eigenvalue weighted by Gasteiger charge is 2.23. The van der Waals surface area contributed by atoms with E-state index in [9.17, 15) is 15.3 Å². The van der Waals surface area contributed by atoms with Crippen LogP contribution in [-0.4, -0.2) is 77.8 Å². The van der Waals surface area contributed by atoms with Crippen molar-refractivity contribution in [2.45, 2.75) is 102 Å². The van der Waals surface area contributed by atoms with Crippen molar-refractivity contribution in [1.82, 2.24) is 9.80 Å². The molecule has 0 aromatic carbocycles. The average Bonchev–Trinajstić information content (AvgIpc) is 2.55. The van der Waals surface area contributed by atoms with E-state index in [4.69, 9.17) is 0 Å². The first kappa shape index (κ1) is 24.8. The Morgan fingerprint density at radius 1 is 0.600 bits per heavy atom. The van der Waals surface area contributed by atoms with E-state index >= 15 is 0 Å². The molecule has 0 saturated heterocycles. The van der Waals surface area contributed by atoms with Crippen molar-refractivity contribution in [2.24, 2.45) is 0 Å². The Hall–Kier alpha value is -0.200. The number of rotatable bonds is 16. The first-order valence-electron chi connectivity index (χ1n) is 10.2. The summed E-state index contributed by atoms with van der Waals surface area (Å²) < 4.78 is 0. The molecule has 0 aliphatic carbocycles. The van der Waals surface area contributed by atoms with Gasteiger partial charge in [0.1, 0.15) is 6.10 Å². The van der Waals surface area contributed by atoms with Gasteiger partial charge in [-0.3, -0.25) is 9.80 Å². The minimum absolute atomic E-state index is 0.435. The van der Waals surface area contributed by atoms with Gasteiger partial charge in [-0.15, -0.1) is 0 Å². The summed E-state index contributed by atoms with van der Waals surface area (Å²) in [7, 11) is 8.37. The lowest BCUT2D eigenvalue weighted by atomic mass is 9.97. The van der Waals surface area contributed by atoms with Crippen LogP contribution in [0.25, 0.3) is 0 Å². The Kier molecular flexibility index (Phi) is 14.8. The van der Waals surface area contributed by atoms with Crippen LogP contribution in [0.5, 0.6) is 0 Å². The molecule has 3 unspecified atom stereocenters. The molecule has 3 N–H and O–H groups in total. The average molecular weight is 361 g/mol. The van der Waals surface area contributed by atoms with Crippen LogP contribution < -0.4 is 0 Å². The Labute approximate surface area is 156 Å². The predicted octanol–water partition coefficient (Wildman–Crippen LogP) is 2.83. The normalized spacial score (nSPS) is 16.0.